The lowest BCUT2D eigenvalue weighted by atomic mass is 10.2. The van der Waals surface area contributed by atoms with Crippen molar-refractivity contribution in [2.45, 2.75) is 6.54 Å². The van der Waals surface area contributed by atoms with Crippen LogP contribution < -0.4 is 4.74 Å². The molecule has 0 spiro atoms. The van der Waals surface area contributed by atoms with Gasteiger partial charge in [0.2, 0.25) is 0 Å². The molecule has 0 N–H and O–H groups in total. The summed E-state index contributed by atoms with van der Waals surface area (Å²) in [5, 5.41) is 9.58. The Morgan fingerprint density at radius 2 is 1.56 bits per heavy atom. The smallest absolute Gasteiger partial charge is 0.119 e. The fraction of sp³-hybridized carbons (Fsp3) is 0.350. The quantitative estimate of drug-likeness (QED) is 0.796. The first-order valence-corrected chi connectivity index (χ1v) is 8.93. The highest BCUT2D eigenvalue weighted by Crippen LogP contribution is 2.14. The van der Waals surface area contributed by atoms with Crippen LogP contribution in [0.2, 0.25) is 5.02 Å². The molecule has 0 saturated carbocycles. The second-order valence-electron chi connectivity index (χ2n) is 6.23. The molecule has 130 valence electrons. The molecule has 0 bridgehead atoms. The number of hydrogen-bond acceptors (Lipinski definition) is 4. The van der Waals surface area contributed by atoms with E-state index in [9.17, 15) is 0 Å². The second-order valence-corrected chi connectivity index (χ2v) is 6.67. The molecule has 1 aliphatic rings. The van der Waals surface area contributed by atoms with Crippen LogP contribution in [0.5, 0.6) is 5.75 Å². The van der Waals surface area contributed by atoms with Crippen molar-refractivity contribution in [3.05, 3.63) is 64.7 Å². The van der Waals surface area contributed by atoms with E-state index in [-0.39, 0.29) is 0 Å². The zero-order valence-electron chi connectivity index (χ0n) is 14.2. The van der Waals surface area contributed by atoms with Crippen LogP contribution in [0.25, 0.3) is 0 Å². The van der Waals surface area contributed by atoms with E-state index >= 15 is 0 Å². The first kappa shape index (κ1) is 17.8. The predicted octanol–water partition coefficient (Wildman–Crippen LogP) is 3.41. The van der Waals surface area contributed by atoms with Crippen molar-refractivity contribution in [1.82, 2.24) is 9.80 Å². The molecule has 3 rings (SSSR count). The molecule has 0 radical (unpaired) electrons. The van der Waals surface area contributed by atoms with E-state index in [2.05, 4.69) is 28.0 Å². The lowest BCUT2D eigenvalue weighted by Gasteiger charge is -2.34. The van der Waals surface area contributed by atoms with Crippen LogP contribution >= 0.6 is 11.6 Å². The monoisotopic (exact) mass is 355 g/mol. The second kappa shape index (κ2) is 8.87. The van der Waals surface area contributed by atoms with E-state index in [4.69, 9.17) is 21.6 Å². The van der Waals surface area contributed by atoms with Gasteiger partial charge in [-0.2, -0.15) is 5.26 Å². The first-order chi connectivity index (χ1) is 12.2. The van der Waals surface area contributed by atoms with Gasteiger partial charge in [0.15, 0.2) is 0 Å². The van der Waals surface area contributed by atoms with E-state index < -0.39 is 0 Å². The topological polar surface area (TPSA) is 39.5 Å². The average Bonchev–Trinajstić information content (AvgIpc) is 2.66. The molecule has 0 aromatic heterocycles. The highest BCUT2D eigenvalue weighted by molar-refractivity contribution is 6.30. The molecule has 0 aliphatic carbocycles. The summed E-state index contributed by atoms with van der Waals surface area (Å²) in [6, 6.07) is 17.5. The summed E-state index contributed by atoms with van der Waals surface area (Å²) >= 11 is 5.94. The van der Waals surface area contributed by atoms with Crippen LogP contribution in [0, 0.1) is 11.3 Å². The highest BCUT2D eigenvalue weighted by atomic mass is 35.5. The molecular weight excluding hydrogens is 334 g/mol. The fourth-order valence-electron chi connectivity index (χ4n) is 2.94. The van der Waals surface area contributed by atoms with Gasteiger partial charge in [-0.25, -0.2) is 0 Å². The summed E-state index contributed by atoms with van der Waals surface area (Å²) in [4.78, 5) is 4.91. The molecule has 25 heavy (non-hydrogen) atoms. The first-order valence-electron chi connectivity index (χ1n) is 8.55. The number of piperazine rings is 1. The molecular formula is C20H22ClN3O. The van der Waals surface area contributed by atoms with Crippen LogP contribution in [0.3, 0.4) is 0 Å². The number of benzene rings is 2. The fourth-order valence-corrected chi connectivity index (χ4v) is 3.06. The maximum absolute atomic E-state index is 8.79. The van der Waals surface area contributed by atoms with Crippen LogP contribution in [0.4, 0.5) is 0 Å². The van der Waals surface area contributed by atoms with Gasteiger partial charge < -0.3 is 4.74 Å². The molecule has 1 fully saturated rings. The lowest BCUT2D eigenvalue weighted by molar-refractivity contribution is 0.112. The Balaban J connectivity index is 1.36. The molecule has 0 amide bonds. The Morgan fingerprint density at radius 3 is 2.20 bits per heavy atom. The number of nitrogens with zero attached hydrogens (tertiary/aromatic N) is 3. The molecule has 1 heterocycles. The Labute approximate surface area is 154 Å². The predicted molar refractivity (Wildman–Crippen MR) is 99.8 cm³/mol. The van der Waals surface area contributed by atoms with Gasteiger partial charge in [0.25, 0.3) is 0 Å². The highest BCUT2D eigenvalue weighted by Gasteiger charge is 2.16. The van der Waals surface area contributed by atoms with Gasteiger partial charge in [-0.15, -0.1) is 0 Å². The lowest BCUT2D eigenvalue weighted by Crippen LogP contribution is -2.47. The van der Waals surface area contributed by atoms with Gasteiger partial charge in [-0.3, -0.25) is 9.80 Å². The minimum absolute atomic E-state index is 0.657. The zero-order chi connectivity index (χ0) is 17.5. The van der Waals surface area contributed by atoms with Gasteiger partial charge >= 0.3 is 0 Å². The molecule has 5 heteroatoms. The summed E-state index contributed by atoms with van der Waals surface area (Å²) in [6.45, 7) is 6.83. The maximum atomic E-state index is 8.79. The number of ether oxygens (including phenoxy) is 1. The minimum Gasteiger partial charge on any atom is -0.492 e. The Bertz CT molecular complexity index is 701. The van der Waals surface area contributed by atoms with E-state index in [1.807, 2.05) is 24.3 Å². The van der Waals surface area contributed by atoms with E-state index in [1.165, 1.54) is 5.56 Å². The number of hydrogen-bond donors (Lipinski definition) is 0. The zero-order valence-corrected chi connectivity index (χ0v) is 15.0. The average molecular weight is 356 g/mol. The number of halogens is 1. The molecule has 0 atom stereocenters. The minimum atomic E-state index is 0.657. The van der Waals surface area contributed by atoms with Gasteiger partial charge in [-0.05, 0) is 42.0 Å². The maximum Gasteiger partial charge on any atom is 0.119 e. The van der Waals surface area contributed by atoms with Crippen LogP contribution in [-0.4, -0.2) is 49.1 Å². The normalized spacial score (nSPS) is 15.7. The summed E-state index contributed by atoms with van der Waals surface area (Å²) in [5.74, 6) is 0.820. The number of nitriles is 1. The van der Waals surface area contributed by atoms with Crippen molar-refractivity contribution in [2.75, 3.05) is 39.3 Å². The van der Waals surface area contributed by atoms with Gasteiger partial charge in [0.1, 0.15) is 12.4 Å². The van der Waals surface area contributed by atoms with E-state index in [0.717, 1.165) is 50.0 Å². The van der Waals surface area contributed by atoms with E-state index in [1.54, 1.807) is 12.1 Å². The number of rotatable bonds is 6. The summed E-state index contributed by atoms with van der Waals surface area (Å²) in [6.07, 6.45) is 0. The third-order valence-electron chi connectivity index (χ3n) is 4.44. The molecule has 2 aromatic carbocycles. The third-order valence-corrected chi connectivity index (χ3v) is 4.70. The van der Waals surface area contributed by atoms with Crippen LogP contribution in [-0.2, 0) is 6.54 Å². The van der Waals surface area contributed by atoms with Gasteiger partial charge in [0.05, 0.1) is 11.6 Å². The van der Waals surface area contributed by atoms with Crippen molar-refractivity contribution in [2.24, 2.45) is 0 Å². The summed E-state index contributed by atoms with van der Waals surface area (Å²) in [7, 11) is 0. The Kier molecular flexibility index (Phi) is 6.30. The standard InChI is InChI=1S/C20H22ClN3O/c21-19-5-1-18(2-6-19)16-24-11-9-23(10-12-24)13-14-25-20-7-3-17(15-22)4-8-20/h1-8H,9-14,16H2. The molecule has 0 unspecified atom stereocenters. The SMILES string of the molecule is N#Cc1ccc(OCCN2CCN(Cc3ccc(Cl)cc3)CC2)cc1. The van der Waals surface area contributed by atoms with Crippen LogP contribution in [0.15, 0.2) is 48.5 Å². The van der Waals surface area contributed by atoms with Crippen molar-refractivity contribution in [3.63, 3.8) is 0 Å². The third kappa shape index (κ3) is 5.47. The van der Waals surface area contributed by atoms with Crippen molar-refractivity contribution in [1.29, 1.82) is 5.26 Å². The van der Waals surface area contributed by atoms with Gasteiger partial charge in [0, 0.05) is 44.3 Å². The molecule has 1 aliphatic heterocycles. The van der Waals surface area contributed by atoms with Crippen LogP contribution in [0.1, 0.15) is 11.1 Å². The summed E-state index contributed by atoms with van der Waals surface area (Å²) in [5.41, 5.74) is 1.96. The van der Waals surface area contributed by atoms with E-state index in [0.29, 0.717) is 12.2 Å². The Hall–Kier alpha value is -2.06. The Morgan fingerprint density at radius 1 is 0.920 bits per heavy atom. The largest absolute Gasteiger partial charge is 0.492 e. The van der Waals surface area contributed by atoms with Crippen molar-refractivity contribution in [3.8, 4) is 11.8 Å². The van der Waals surface area contributed by atoms with Crippen molar-refractivity contribution >= 4 is 11.6 Å². The van der Waals surface area contributed by atoms with Gasteiger partial charge in [-0.1, -0.05) is 23.7 Å². The molecule has 2 aromatic rings. The molecule has 4 nitrogen and oxygen atoms in total. The summed E-state index contributed by atoms with van der Waals surface area (Å²) < 4.78 is 5.76. The van der Waals surface area contributed by atoms with Crippen molar-refractivity contribution < 1.29 is 4.74 Å². The molecule has 1 saturated heterocycles.